The zero-order valence-corrected chi connectivity index (χ0v) is 10.2. The number of aromatic amines is 1. The van der Waals surface area contributed by atoms with Gasteiger partial charge in [0.1, 0.15) is 0 Å². The lowest BCUT2D eigenvalue weighted by atomic mass is 9.68. The molecular formula is C13H23N3. The van der Waals surface area contributed by atoms with Crippen molar-refractivity contribution in [2.75, 3.05) is 26.7 Å². The lowest BCUT2D eigenvalue weighted by Crippen LogP contribution is -2.46. The lowest BCUT2D eigenvalue weighted by Gasteiger charge is -2.43. The Morgan fingerprint density at radius 2 is 2.31 bits per heavy atom. The Bertz CT molecular complexity index is 295. The molecule has 2 rings (SSSR count). The van der Waals surface area contributed by atoms with E-state index >= 15 is 0 Å². The van der Waals surface area contributed by atoms with Gasteiger partial charge in [0, 0.05) is 25.5 Å². The molecule has 0 radical (unpaired) electrons. The number of hydrogen-bond donors (Lipinski definition) is 2. The molecule has 0 saturated heterocycles. The smallest absolute Gasteiger partial charge is 0.00471 e. The number of H-pyrrole nitrogens is 1. The minimum atomic E-state index is 0.437. The topological polar surface area (TPSA) is 45.0 Å². The molecule has 0 spiro atoms. The Morgan fingerprint density at radius 1 is 1.50 bits per heavy atom. The van der Waals surface area contributed by atoms with Crippen molar-refractivity contribution < 1.29 is 0 Å². The van der Waals surface area contributed by atoms with Crippen LogP contribution in [0.3, 0.4) is 0 Å². The second-order valence-corrected chi connectivity index (χ2v) is 5.26. The zero-order valence-electron chi connectivity index (χ0n) is 10.2. The molecule has 0 aliphatic heterocycles. The van der Waals surface area contributed by atoms with Crippen LogP contribution in [-0.2, 0) is 6.42 Å². The number of aromatic nitrogens is 1. The zero-order chi connectivity index (χ0) is 11.4. The number of nitrogens with two attached hydrogens (primary N) is 1. The first kappa shape index (κ1) is 11.7. The fourth-order valence-corrected chi connectivity index (χ4v) is 2.59. The van der Waals surface area contributed by atoms with Crippen LogP contribution in [0.2, 0.25) is 0 Å². The van der Waals surface area contributed by atoms with Crippen molar-refractivity contribution in [1.82, 2.24) is 9.88 Å². The fourth-order valence-electron chi connectivity index (χ4n) is 2.59. The van der Waals surface area contributed by atoms with E-state index in [2.05, 4.69) is 29.2 Å². The monoisotopic (exact) mass is 221 g/mol. The molecule has 0 bridgehead atoms. The van der Waals surface area contributed by atoms with E-state index in [-0.39, 0.29) is 0 Å². The molecule has 3 nitrogen and oxygen atoms in total. The van der Waals surface area contributed by atoms with E-state index < -0.39 is 0 Å². The normalized spacial score (nSPS) is 18.7. The second-order valence-electron chi connectivity index (χ2n) is 5.26. The fraction of sp³-hybridized carbons (Fsp3) is 0.692. The first-order chi connectivity index (χ1) is 7.74. The SMILES string of the molecule is CN(CCc1cc[nH]c1)CC1(CN)CCC1. The second kappa shape index (κ2) is 5.02. The molecule has 1 heterocycles. The summed E-state index contributed by atoms with van der Waals surface area (Å²) in [6, 6.07) is 2.15. The number of rotatable bonds is 6. The highest BCUT2D eigenvalue weighted by atomic mass is 15.1. The van der Waals surface area contributed by atoms with E-state index in [9.17, 15) is 0 Å². The van der Waals surface area contributed by atoms with Gasteiger partial charge in [0.25, 0.3) is 0 Å². The molecule has 3 heteroatoms. The average Bonchev–Trinajstić information content (AvgIpc) is 2.73. The van der Waals surface area contributed by atoms with Crippen LogP contribution in [0.5, 0.6) is 0 Å². The summed E-state index contributed by atoms with van der Waals surface area (Å²) in [6.45, 7) is 3.13. The van der Waals surface area contributed by atoms with Crippen molar-refractivity contribution in [1.29, 1.82) is 0 Å². The standard InChI is InChI=1S/C13H23N3/c1-16(8-4-12-3-7-15-9-12)11-13(10-14)5-2-6-13/h3,7,9,15H,2,4-6,8,10-11,14H2,1H3. The Kier molecular flexibility index (Phi) is 3.66. The minimum Gasteiger partial charge on any atom is -0.367 e. The molecule has 16 heavy (non-hydrogen) atoms. The first-order valence-corrected chi connectivity index (χ1v) is 6.24. The number of nitrogens with one attached hydrogen (secondary N) is 1. The van der Waals surface area contributed by atoms with Crippen molar-refractivity contribution in [2.45, 2.75) is 25.7 Å². The molecular weight excluding hydrogens is 198 g/mol. The Balaban J connectivity index is 1.73. The van der Waals surface area contributed by atoms with Crippen LogP contribution >= 0.6 is 0 Å². The van der Waals surface area contributed by atoms with Crippen molar-refractivity contribution in [3.8, 4) is 0 Å². The molecule has 0 aromatic carbocycles. The van der Waals surface area contributed by atoms with E-state index in [0.29, 0.717) is 5.41 Å². The quantitative estimate of drug-likeness (QED) is 0.766. The van der Waals surface area contributed by atoms with Crippen LogP contribution in [-0.4, -0.2) is 36.6 Å². The predicted octanol–water partition coefficient (Wildman–Crippen LogP) is 1.62. The summed E-state index contributed by atoms with van der Waals surface area (Å²) in [7, 11) is 2.21. The molecule has 1 aliphatic rings. The van der Waals surface area contributed by atoms with E-state index in [4.69, 9.17) is 5.73 Å². The van der Waals surface area contributed by atoms with E-state index in [0.717, 1.165) is 26.1 Å². The van der Waals surface area contributed by atoms with Gasteiger partial charge in [0.05, 0.1) is 0 Å². The van der Waals surface area contributed by atoms with Gasteiger partial charge in [0.2, 0.25) is 0 Å². The van der Waals surface area contributed by atoms with E-state index in [1.54, 1.807) is 0 Å². The highest BCUT2D eigenvalue weighted by Crippen LogP contribution is 2.40. The molecule has 3 N–H and O–H groups in total. The number of likely N-dealkylation sites (N-methyl/N-ethyl adjacent to an activating group) is 1. The van der Waals surface area contributed by atoms with Crippen LogP contribution in [0.25, 0.3) is 0 Å². The molecule has 1 saturated carbocycles. The highest BCUT2D eigenvalue weighted by molar-refractivity contribution is 5.08. The molecule has 1 aromatic heterocycles. The summed E-state index contributed by atoms with van der Waals surface area (Å²) in [5.41, 5.74) is 7.70. The van der Waals surface area contributed by atoms with Gasteiger partial charge in [0.15, 0.2) is 0 Å². The predicted molar refractivity (Wildman–Crippen MR) is 67.3 cm³/mol. The first-order valence-electron chi connectivity index (χ1n) is 6.24. The maximum Gasteiger partial charge on any atom is 0.00471 e. The maximum atomic E-state index is 5.88. The van der Waals surface area contributed by atoms with Gasteiger partial charge >= 0.3 is 0 Å². The van der Waals surface area contributed by atoms with Crippen LogP contribution in [0.1, 0.15) is 24.8 Å². The summed E-state index contributed by atoms with van der Waals surface area (Å²) in [6.07, 6.45) is 9.19. The Hall–Kier alpha value is -0.800. The minimum absolute atomic E-state index is 0.437. The third-order valence-electron chi connectivity index (χ3n) is 3.90. The molecule has 0 unspecified atom stereocenters. The largest absolute Gasteiger partial charge is 0.367 e. The van der Waals surface area contributed by atoms with Gasteiger partial charge in [-0.1, -0.05) is 6.42 Å². The summed E-state index contributed by atoms with van der Waals surface area (Å²) in [4.78, 5) is 5.53. The average molecular weight is 221 g/mol. The molecule has 0 atom stereocenters. The molecule has 1 aromatic rings. The summed E-state index contributed by atoms with van der Waals surface area (Å²) in [5.74, 6) is 0. The molecule has 90 valence electrons. The lowest BCUT2D eigenvalue weighted by molar-refractivity contribution is 0.0882. The van der Waals surface area contributed by atoms with E-state index in [1.165, 1.54) is 24.8 Å². The van der Waals surface area contributed by atoms with Gasteiger partial charge in [-0.05, 0) is 49.9 Å². The van der Waals surface area contributed by atoms with Crippen LogP contribution in [0.4, 0.5) is 0 Å². The van der Waals surface area contributed by atoms with Crippen LogP contribution in [0, 0.1) is 5.41 Å². The van der Waals surface area contributed by atoms with Gasteiger partial charge < -0.3 is 15.6 Å². The highest BCUT2D eigenvalue weighted by Gasteiger charge is 2.36. The summed E-state index contributed by atoms with van der Waals surface area (Å²) < 4.78 is 0. The third-order valence-corrected chi connectivity index (χ3v) is 3.90. The van der Waals surface area contributed by atoms with Gasteiger partial charge in [-0.3, -0.25) is 0 Å². The number of hydrogen-bond acceptors (Lipinski definition) is 2. The maximum absolute atomic E-state index is 5.88. The molecule has 1 fully saturated rings. The molecule has 1 aliphatic carbocycles. The van der Waals surface area contributed by atoms with Gasteiger partial charge in [-0.15, -0.1) is 0 Å². The summed E-state index contributed by atoms with van der Waals surface area (Å²) >= 11 is 0. The Labute approximate surface area is 98.0 Å². The summed E-state index contributed by atoms with van der Waals surface area (Å²) in [5, 5.41) is 0. The van der Waals surface area contributed by atoms with Gasteiger partial charge in [-0.25, -0.2) is 0 Å². The van der Waals surface area contributed by atoms with Gasteiger partial charge in [-0.2, -0.15) is 0 Å². The van der Waals surface area contributed by atoms with Crippen molar-refractivity contribution in [3.63, 3.8) is 0 Å². The third kappa shape index (κ3) is 2.66. The van der Waals surface area contributed by atoms with Crippen LogP contribution in [0.15, 0.2) is 18.5 Å². The molecule has 0 amide bonds. The Morgan fingerprint density at radius 3 is 2.81 bits per heavy atom. The van der Waals surface area contributed by atoms with E-state index in [1.807, 2.05) is 6.20 Å². The van der Waals surface area contributed by atoms with Crippen molar-refractivity contribution in [2.24, 2.45) is 11.1 Å². The van der Waals surface area contributed by atoms with Crippen molar-refractivity contribution >= 4 is 0 Å². The number of nitrogens with zero attached hydrogens (tertiary/aromatic N) is 1. The van der Waals surface area contributed by atoms with Crippen LogP contribution < -0.4 is 5.73 Å². The van der Waals surface area contributed by atoms with Crippen molar-refractivity contribution in [3.05, 3.63) is 24.0 Å².